The lowest BCUT2D eigenvalue weighted by Crippen LogP contribution is -2.41. The highest BCUT2D eigenvalue weighted by Gasteiger charge is 2.15. The highest BCUT2D eigenvalue weighted by Crippen LogP contribution is 2.21. The van der Waals surface area contributed by atoms with Crippen molar-refractivity contribution < 1.29 is 4.79 Å². The molecule has 1 heterocycles. The lowest BCUT2D eigenvalue weighted by molar-refractivity contribution is -0.123. The zero-order chi connectivity index (χ0) is 15.9. The molecule has 0 saturated carbocycles. The zero-order valence-corrected chi connectivity index (χ0v) is 13.1. The van der Waals surface area contributed by atoms with Crippen LogP contribution in [-0.4, -0.2) is 16.9 Å². The molecule has 0 spiro atoms. The standard InChI is InChI=1S/C18H23N3O/c1-3-4-17(19)18(22)21-13(2)14-5-7-15(8-6-14)16-9-11-20-12-10-16/h5-13,17H,3-4,19H2,1-2H3,(H,21,22). The SMILES string of the molecule is CCCC(N)C(=O)NC(C)c1ccc(-c2ccncc2)cc1. The number of aromatic nitrogens is 1. The van der Waals surface area contributed by atoms with Crippen molar-refractivity contribution >= 4 is 5.91 Å². The molecule has 0 fully saturated rings. The maximum absolute atomic E-state index is 12.0. The fourth-order valence-electron chi connectivity index (χ4n) is 2.35. The average molecular weight is 297 g/mol. The average Bonchev–Trinajstić information content (AvgIpc) is 2.56. The van der Waals surface area contributed by atoms with Crippen LogP contribution in [0.15, 0.2) is 48.8 Å². The maximum atomic E-state index is 12.0. The zero-order valence-electron chi connectivity index (χ0n) is 13.1. The minimum absolute atomic E-state index is 0.0538. The quantitative estimate of drug-likeness (QED) is 0.861. The molecule has 22 heavy (non-hydrogen) atoms. The van der Waals surface area contributed by atoms with Crippen LogP contribution in [0.5, 0.6) is 0 Å². The first-order chi connectivity index (χ1) is 10.6. The molecule has 2 atom stereocenters. The Balaban J connectivity index is 2.02. The molecule has 1 amide bonds. The third-order valence-electron chi connectivity index (χ3n) is 3.72. The maximum Gasteiger partial charge on any atom is 0.237 e. The molecule has 0 bridgehead atoms. The Bertz CT molecular complexity index is 595. The van der Waals surface area contributed by atoms with Crippen molar-refractivity contribution in [1.29, 1.82) is 0 Å². The summed E-state index contributed by atoms with van der Waals surface area (Å²) >= 11 is 0. The lowest BCUT2D eigenvalue weighted by atomic mass is 10.0. The molecule has 4 heteroatoms. The third kappa shape index (κ3) is 4.15. The molecule has 2 aromatic rings. The molecule has 0 aliphatic carbocycles. The van der Waals surface area contributed by atoms with Crippen molar-refractivity contribution in [3.8, 4) is 11.1 Å². The van der Waals surface area contributed by atoms with E-state index in [0.29, 0.717) is 6.42 Å². The summed E-state index contributed by atoms with van der Waals surface area (Å²) in [5.41, 5.74) is 9.16. The molecule has 4 nitrogen and oxygen atoms in total. The number of carbonyl (C=O) groups excluding carboxylic acids is 1. The van der Waals surface area contributed by atoms with Crippen molar-refractivity contribution in [2.75, 3.05) is 0 Å². The smallest absolute Gasteiger partial charge is 0.237 e. The highest BCUT2D eigenvalue weighted by molar-refractivity contribution is 5.81. The number of nitrogens with one attached hydrogen (secondary N) is 1. The molecule has 1 aromatic carbocycles. The molecular formula is C18H23N3O. The number of hydrogen-bond donors (Lipinski definition) is 2. The summed E-state index contributed by atoms with van der Waals surface area (Å²) in [5.74, 6) is -0.0902. The highest BCUT2D eigenvalue weighted by atomic mass is 16.2. The van der Waals surface area contributed by atoms with Gasteiger partial charge < -0.3 is 11.1 Å². The van der Waals surface area contributed by atoms with Gasteiger partial charge in [0.25, 0.3) is 0 Å². The van der Waals surface area contributed by atoms with E-state index in [2.05, 4.69) is 22.4 Å². The van der Waals surface area contributed by atoms with E-state index >= 15 is 0 Å². The van der Waals surface area contributed by atoms with Gasteiger partial charge in [0.2, 0.25) is 5.91 Å². The Hall–Kier alpha value is -2.20. The van der Waals surface area contributed by atoms with Gasteiger partial charge >= 0.3 is 0 Å². The number of amides is 1. The Morgan fingerprint density at radius 1 is 1.14 bits per heavy atom. The van der Waals surface area contributed by atoms with Crippen LogP contribution in [0.25, 0.3) is 11.1 Å². The van der Waals surface area contributed by atoms with Crippen LogP contribution in [0.1, 0.15) is 38.3 Å². The second-order valence-electron chi connectivity index (χ2n) is 5.48. The Kier molecular flexibility index (Phi) is 5.67. The summed E-state index contributed by atoms with van der Waals surface area (Å²) in [6.07, 6.45) is 5.17. The van der Waals surface area contributed by atoms with Crippen LogP contribution in [-0.2, 0) is 4.79 Å². The summed E-state index contributed by atoms with van der Waals surface area (Å²) in [6.45, 7) is 3.99. The second kappa shape index (κ2) is 7.71. The van der Waals surface area contributed by atoms with Gasteiger partial charge in [0.1, 0.15) is 0 Å². The van der Waals surface area contributed by atoms with Crippen molar-refractivity contribution in [3.05, 3.63) is 54.4 Å². The first kappa shape index (κ1) is 16.2. The fraction of sp³-hybridized carbons (Fsp3) is 0.333. The van der Waals surface area contributed by atoms with Crippen LogP contribution in [0, 0.1) is 0 Å². The van der Waals surface area contributed by atoms with E-state index in [1.807, 2.05) is 38.1 Å². The van der Waals surface area contributed by atoms with Crippen LogP contribution in [0.2, 0.25) is 0 Å². The molecular weight excluding hydrogens is 274 g/mol. The van der Waals surface area contributed by atoms with Crippen LogP contribution in [0.3, 0.4) is 0 Å². The van der Waals surface area contributed by atoms with Crippen LogP contribution >= 0.6 is 0 Å². The molecule has 2 unspecified atom stereocenters. The molecule has 3 N–H and O–H groups in total. The summed E-state index contributed by atoms with van der Waals surface area (Å²) < 4.78 is 0. The van der Waals surface area contributed by atoms with E-state index in [9.17, 15) is 4.79 Å². The van der Waals surface area contributed by atoms with Gasteiger partial charge in [-0.2, -0.15) is 0 Å². The fourth-order valence-corrected chi connectivity index (χ4v) is 2.35. The topological polar surface area (TPSA) is 68.0 Å². The van der Waals surface area contributed by atoms with Crippen molar-refractivity contribution in [2.24, 2.45) is 5.73 Å². The molecule has 1 aromatic heterocycles. The third-order valence-corrected chi connectivity index (χ3v) is 3.72. The molecule has 2 rings (SSSR count). The Morgan fingerprint density at radius 3 is 2.32 bits per heavy atom. The van der Waals surface area contributed by atoms with Gasteiger partial charge in [-0.05, 0) is 42.2 Å². The Labute approximate surface area is 131 Å². The summed E-state index contributed by atoms with van der Waals surface area (Å²) in [5, 5.41) is 2.97. The second-order valence-corrected chi connectivity index (χ2v) is 5.48. The number of hydrogen-bond acceptors (Lipinski definition) is 3. The van der Waals surface area contributed by atoms with Gasteiger partial charge in [-0.3, -0.25) is 9.78 Å². The monoisotopic (exact) mass is 297 g/mol. The predicted octanol–water partition coefficient (Wildman–Crippen LogP) is 3.05. The van der Waals surface area contributed by atoms with Crippen LogP contribution in [0.4, 0.5) is 0 Å². The van der Waals surface area contributed by atoms with Gasteiger partial charge in [-0.1, -0.05) is 37.6 Å². The van der Waals surface area contributed by atoms with E-state index in [4.69, 9.17) is 5.73 Å². The normalized spacial score (nSPS) is 13.4. The first-order valence-corrected chi connectivity index (χ1v) is 7.68. The molecule has 116 valence electrons. The number of nitrogens with zero attached hydrogens (tertiary/aromatic N) is 1. The van der Waals surface area contributed by atoms with Crippen LogP contribution < -0.4 is 11.1 Å². The lowest BCUT2D eigenvalue weighted by Gasteiger charge is -2.18. The molecule has 0 radical (unpaired) electrons. The number of carbonyl (C=O) groups is 1. The number of pyridine rings is 1. The first-order valence-electron chi connectivity index (χ1n) is 7.68. The van der Waals surface area contributed by atoms with Crippen molar-refractivity contribution in [1.82, 2.24) is 10.3 Å². The van der Waals surface area contributed by atoms with Gasteiger partial charge in [0, 0.05) is 12.4 Å². The van der Waals surface area contributed by atoms with E-state index in [1.54, 1.807) is 12.4 Å². The minimum Gasteiger partial charge on any atom is -0.348 e. The van der Waals surface area contributed by atoms with Crippen molar-refractivity contribution in [2.45, 2.75) is 38.8 Å². The van der Waals surface area contributed by atoms with Crippen molar-refractivity contribution in [3.63, 3.8) is 0 Å². The largest absolute Gasteiger partial charge is 0.348 e. The van der Waals surface area contributed by atoms with E-state index in [1.165, 1.54) is 0 Å². The summed E-state index contributed by atoms with van der Waals surface area (Å²) in [6, 6.07) is 11.6. The van der Waals surface area contributed by atoms with Gasteiger partial charge in [0.05, 0.1) is 12.1 Å². The van der Waals surface area contributed by atoms with E-state index in [0.717, 1.165) is 23.1 Å². The Morgan fingerprint density at radius 2 is 1.73 bits per heavy atom. The van der Waals surface area contributed by atoms with E-state index < -0.39 is 6.04 Å². The number of nitrogens with two attached hydrogens (primary N) is 1. The van der Waals surface area contributed by atoms with Gasteiger partial charge in [0.15, 0.2) is 0 Å². The summed E-state index contributed by atoms with van der Waals surface area (Å²) in [7, 11) is 0. The number of benzene rings is 1. The summed E-state index contributed by atoms with van der Waals surface area (Å²) in [4.78, 5) is 16.0. The van der Waals surface area contributed by atoms with E-state index in [-0.39, 0.29) is 11.9 Å². The van der Waals surface area contributed by atoms with Gasteiger partial charge in [-0.15, -0.1) is 0 Å². The number of rotatable bonds is 6. The molecule has 0 aliphatic heterocycles. The predicted molar refractivity (Wildman–Crippen MR) is 89.1 cm³/mol. The molecule has 0 aliphatic rings. The minimum atomic E-state index is -0.427. The van der Waals surface area contributed by atoms with Gasteiger partial charge in [-0.25, -0.2) is 0 Å². The molecule has 0 saturated heterocycles.